The van der Waals surface area contributed by atoms with Crippen molar-refractivity contribution in [3.05, 3.63) is 47.5 Å². The SMILES string of the molecule is CN=CC(=C(N)C(=O)N1CC(F)(F)C[C@@H](C)C1CNc1ncc(C(F)(F)F)c(OC)n1)c1ccccn1. The Kier molecular flexibility index (Phi) is 8.28. The fraction of sp³-hybridized carbons (Fsp3) is 0.435. The van der Waals surface area contributed by atoms with Crippen LogP contribution in [0.2, 0.25) is 0 Å². The normalized spacial score (nSPS) is 20.5. The topological polar surface area (TPSA) is 119 Å². The number of amides is 1. The number of methoxy groups -OCH3 is 1. The number of nitrogens with one attached hydrogen (secondary N) is 1. The highest BCUT2D eigenvalue weighted by molar-refractivity contribution is 6.17. The molecule has 0 aliphatic carbocycles. The predicted octanol–water partition coefficient (Wildman–Crippen LogP) is 3.25. The molecule has 1 aliphatic heterocycles. The Labute approximate surface area is 209 Å². The first-order chi connectivity index (χ1) is 17.4. The molecule has 1 aliphatic rings. The van der Waals surface area contributed by atoms with Gasteiger partial charge in [0.1, 0.15) is 11.3 Å². The Morgan fingerprint density at radius 3 is 2.68 bits per heavy atom. The highest BCUT2D eigenvalue weighted by Gasteiger charge is 2.46. The lowest BCUT2D eigenvalue weighted by molar-refractivity contribution is -0.148. The fourth-order valence-corrected chi connectivity index (χ4v) is 4.07. The van der Waals surface area contributed by atoms with Crippen LogP contribution in [0.4, 0.5) is 27.9 Å². The third-order valence-corrected chi connectivity index (χ3v) is 5.78. The number of aliphatic imine (C=N–C) groups is 1. The molecular formula is C23H26F5N7O2. The van der Waals surface area contributed by atoms with Crippen LogP contribution in [-0.2, 0) is 11.0 Å². The summed E-state index contributed by atoms with van der Waals surface area (Å²) in [5, 5.41) is 2.73. The number of hydrogen-bond acceptors (Lipinski definition) is 8. The van der Waals surface area contributed by atoms with Gasteiger partial charge in [0.15, 0.2) is 0 Å². The first kappa shape index (κ1) is 27.7. The molecule has 1 saturated heterocycles. The van der Waals surface area contributed by atoms with Crippen LogP contribution in [-0.4, -0.2) is 71.2 Å². The van der Waals surface area contributed by atoms with Gasteiger partial charge in [0.25, 0.3) is 11.8 Å². The molecule has 2 aromatic rings. The maximum absolute atomic E-state index is 14.5. The van der Waals surface area contributed by atoms with E-state index < -0.39 is 54.4 Å². The van der Waals surface area contributed by atoms with E-state index in [4.69, 9.17) is 10.5 Å². The number of ether oxygens (including phenoxy) is 1. The molecule has 0 bridgehead atoms. The second-order valence-corrected chi connectivity index (χ2v) is 8.46. The predicted molar refractivity (Wildman–Crippen MR) is 126 cm³/mol. The number of carbonyl (C=O) groups is 1. The number of alkyl halides is 5. The molecule has 3 N–H and O–H groups in total. The summed E-state index contributed by atoms with van der Waals surface area (Å²) in [6.45, 7) is 0.506. The second kappa shape index (κ2) is 11.0. The molecule has 37 heavy (non-hydrogen) atoms. The first-order valence-corrected chi connectivity index (χ1v) is 11.1. The van der Waals surface area contributed by atoms with Gasteiger partial charge in [-0.05, 0) is 18.1 Å². The average molecular weight is 527 g/mol. The van der Waals surface area contributed by atoms with Crippen molar-refractivity contribution in [2.45, 2.75) is 31.5 Å². The van der Waals surface area contributed by atoms with Gasteiger partial charge in [0.05, 0.1) is 25.4 Å². The number of hydrogen-bond donors (Lipinski definition) is 2. The van der Waals surface area contributed by atoms with E-state index in [0.29, 0.717) is 11.9 Å². The number of halogens is 5. The molecule has 2 atom stereocenters. The summed E-state index contributed by atoms with van der Waals surface area (Å²) in [6, 6.07) is 4.12. The summed E-state index contributed by atoms with van der Waals surface area (Å²) in [4.78, 5) is 29.8. The van der Waals surface area contributed by atoms with Crippen LogP contribution in [0.15, 0.2) is 41.3 Å². The number of carbonyl (C=O) groups excluding carboxylic acids is 1. The molecule has 0 radical (unpaired) electrons. The molecule has 3 heterocycles. The van der Waals surface area contributed by atoms with Gasteiger partial charge in [0, 0.05) is 44.2 Å². The molecule has 0 aromatic carbocycles. The van der Waals surface area contributed by atoms with Crippen LogP contribution in [0.25, 0.3) is 5.57 Å². The standard InChI is InChI=1S/C23H26F5N7O2/c1-13-8-22(24,25)12-35(20(36)18(29)14(9-30-2)16-6-4-5-7-31-16)17(13)11-33-21-32-10-15(23(26,27)28)19(34-21)37-3/h4-7,9-10,13,17H,8,11-12,29H2,1-3H3,(H,32,33,34)/t13-,17?/m1/s1. The van der Waals surface area contributed by atoms with E-state index in [-0.39, 0.29) is 23.8 Å². The number of nitrogens with two attached hydrogens (primary N) is 1. The minimum Gasteiger partial charge on any atom is -0.480 e. The maximum atomic E-state index is 14.5. The molecule has 2 aromatic heterocycles. The monoisotopic (exact) mass is 527 g/mol. The van der Waals surface area contributed by atoms with Gasteiger partial charge >= 0.3 is 6.18 Å². The number of aromatic nitrogens is 3. The van der Waals surface area contributed by atoms with Gasteiger partial charge < -0.3 is 20.7 Å². The molecule has 9 nitrogen and oxygen atoms in total. The van der Waals surface area contributed by atoms with Crippen LogP contribution < -0.4 is 15.8 Å². The van der Waals surface area contributed by atoms with E-state index in [0.717, 1.165) is 12.0 Å². The zero-order valence-electron chi connectivity index (χ0n) is 20.3. The van der Waals surface area contributed by atoms with E-state index in [9.17, 15) is 26.7 Å². The Morgan fingerprint density at radius 2 is 2.08 bits per heavy atom. The number of pyridine rings is 1. The van der Waals surface area contributed by atoms with Gasteiger partial charge in [-0.25, -0.2) is 13.8 Å². The minimum absolute atomic E-state index is 0.133. The van der Waals surface area contributed by atoms with Crippen LogP contribution in [0.5, 0.6) is 5.88 Å². The number of allylic oxidation sites excluding steroid dienone is 1. The second-order valence-electron chi connectivity index (χ2n) is 8.46. The van der Waals surface area contributed by atoms with Crippen LogP contribution >= 0.6 is 0 Å². The number of nitrogens with zero attached hydrogens (tertiary/aromatic N) is 5. The van der Waals surface area contributed by atoms with Crippen molar-refractivity contribution in [3.63, 3.8) is 0 Å². The average Bonchev–Trinajstić information content (AvgIpc) is 2.84. The Bertz CT molecular complexity index is 1170. The van der Waals surface area contributed by atoms with E-state index in [1.54, 1.807) is 25.1 Å². The third-order valence-electron chi connectivity index (χ3n) is 5.78. The summed E-state index contributed by atoms with van der Waals surface area (Å²) in [5.74, 6) is -5.67. The fourth-order valence-electron chi connectivity index (χ4n) is 4.07. The highest BCUT2D eigenvalue weighted by atomic mass is 19.4. The van der Waals surface area contributed by atoms with Gasteiger partial charge in [-0.3, -0.25) is 14.8 Å². The first-order valence-electron chi connectivity index (χ1n) is 11.1. The molecule has 0 spiro atoms. The summed E-state index contributed by atoms with van der Waals surface area (Å²) >= 11 is 0. The molecule has 1 unspecified atom stereocenters. The summed E-state index contributed by atoms with van der Waals surface area (Å²) in [7, 11) is 2.49. The van der Waals surface area contributed by atoms with Gasteiger partial charge in [0.2, 0.25) is 11.8 Å². The third kappa shape index (κ3) is 6.49. The summed E-state index contributed by atoms with van der Waals surface area (Å²) in [5.41, 5.74) is 5.15. The zero-order chi connectivity index (χ0) is 27.4. The number of likely N-dealkylation sites (tertiary alicyclic amines) is 1. The van der Waals surface area contributed by atoms with Crippen molar-refractivity contribution in [3.8, 4) is 5.88 Å². The lowest BCUT2D eigenvalue weighted by Gasteiger charge is -2.43. The Balaban J connectivity index is 1.92. The largest absolute Gasteiger partial charge is 0.480 e. The summed E-state index contributed by atoms with van der Waals surface area (Å²) in [6.07, 6.45) is -1.88. The molecule has 1 amide bonds. The molecule has 3 rings (SSSR count). The molecule has 0 saturated carbocycles. The van der Waals surface area contributed by atoms with Crippen LogP contribution in [0.1, 0.15) is 24.6 Å². The number of rotatable bonds is 7. The molecule has 200 valence electrons. The van der Waals surface area contributed by atoms with E-state index >= 15 is 0 Å². The Morgan fingerprint density at radius 1 is 1.35 bits per heavy atom. The lowest BCUT2D eigenvalue weighted by atomic mass is 9.88. The van der Waals surface area contributed by atoms with Crippen molar-refractivity contribution in [1.29, 1.82) is 0 Å². The van der Waals surface area contributed by atoms with Gasteiger partial charge in [-0.15, -0.1) is 0 Å². The van der Waals surface area contributed by atoms with Crippen molar-refractivity contribution in [1.82, 2.24) is 19.9 Å². The van der Waals surface area contributed by atoms with Crippen LogP contribution in [0, 0.1) is 5.92 Å². The quantitative estimate of drug-likeness (QED) is 0.322. The molecular weight excluding hydrogens is 501 g/mol. The number of piperidine rings is 1. The van der Waals surface area contributed by atoms with Crippen LogP contribution in [0.3, 0.4) is 0 Å². The lowest BCUT2D eigenvalue weighted by Crippen LogP contribution is -2.58. The highest BCUT2D eigenvalue weighted by Crippen LogP contribution is 2.36. The van der Waals surface area contributed by atoms with Gasteiger partial charge in [-0.1, -0.05) is 13.0 Å². The minimum atomic E-state index is -4.73. The zero-order valence-corrected chi connectivity index (χ0v) is 20.3. The number of anilines is 1. The summed E-state index contributed by atoms with van der Waals surface area (Å²) < 4.78 is 73.1. The smallest absolute Gasteiger partial charge is 0.423 e. The Hall–Kier alpha value is -3.84. The van der Waals surface area contributed by atoms with Crippen molar-refractivity contribution >= 4 is 23.6 Å². The maximum Gasteiger partial charge on any atom is 0.423 e. The molecule has 14 heteroatoms. The van der Waals surface area contributed by atoms with E-state index in [2.05, 4.69) is 25.3 Å². The van der Waals surface area contributed by atoms with E-state index in [1.807, 2.05) is 0 Å². The van der Waals surface area contributed by atoms with Crippen molar-refractivity contribution in [2.75, 3.05) is 32.6 Å². The van der Waals surface area contributed by atoms with Crippen molar-refractivity contribution in [2.24, 2.45) is 16.6 Å². The van der Waals surface area contributed by atoms with Gasteiger partial charge in [-0.2, -0.15) is 18.2 Å². The van der Waals surface area contributed by atoms with E-state index in [1.165, 1.54) is 19.5 Å². The molecule has 1 fully saturated rings. The van der Waals surface area contributed by atoms with Crippen molar-refractivity contribution < 1.29 is 31.5 Å².